The highest BCUT2D eigenvalue weighted by Crippen LogP contribution is 2.68. The molecule has 0 saturated heterocycles. The molecule has 0 unspecified atom stereocenters. The van der Waals surface area contributed by atoms with E-state index >= 15 is 0 Å². The van der Waals surface area contributed by atoms with Crippen molar-refractivity contribution in [2.24, 2.45) is 0 Å². The first-order valence-corrected chi connectivity index (χ1v) is 24.4. The summed E-state index contributed by atoms with van der Waals surface area (Å²) < 4.78 is 0. The van der Waals surface area contributed by atoms with Gasteiger partial charge in [-0.25, -0.2) is 0 Å². The first-order chi connectivity index (χ1) is 38.1. The monoisotopic (exact) mass is 1130 g/mol. The maximum Gasteiger partial charge on any atom is 0.205 e. The van der Waals surface area contributed by atoms with E-state index in [1.807, 2.05) is 0 Å². The summed E-state index contributed by atoms with van der Waals surface area (Å²) in [7, 11) is 0. The molecule has 10 aromatic rings. The average Bonchev–Trinajstić information content (AvgIpc) is 1.06. The molecule has 0 radical (unpaired) electrons. The van der Waals surface area contributed by atoms with Gasteiger partial charge < -0.3 is 117 Å². The molecule has 0 amide bonds. The third-order valence-corrected chi connectivity index (χ3v) is 16.4. The van der Waals surface area contributed by atoms with Gasteiger partial charge in [0, 0.05) is 82.9 Å². The quantitative estimate of drug-likeness (QED) is 0.0442. The molecule has 0 saturated carbocycles. The number of phenols is 23. The minimum Gasteiger partial charge on any atom is -0.506 e. The fourth-order valence-corrected chi connectivity index (χ4v) is 12.2. The van der Waals surface area contributed by atoms with Crippen LogP contribution >= 0.6 is 0 Å². The van der Waals surface area contributed by atoms with Gasteiger partial charge in [-0.1, -0.05) is 0 Å². The van der Waals surface area contributed by atoms with Crippen LogP contribution in [0, 0.1) is 62.3 Å². The molecule has 0 fully saturated rings. The summed E-state index contributed by atoms with van der Waals surface area (Å²) in [6, 6.07) is 0. The van der Waals surface area contributed by atoms with E-state index in [0.29, 0.717) is 0 Å². The topological polar surface area (TPSA) is 465 Å². The predicted octanol–water partition coefficient (Wildman–Crippen LogP) is 10.1. The molecule has 23 N–H and O–H groups in total. The fraction of sp³-hybridized carbons (Fsp3) is 0.153. The van der Waals surface area contributed by atoms with Gasteiger partial charge in [-0.15, -0.1) is 0 Å². The van der Waals surface area contributed by atoms with Gasteiger partial charge in [0.15, 0.2) is 103 Å². The minimum atomic E-state index is -1.58. The molecule has 0 spiro atoms. The minimum absolute atomic E-state index is 0.0549. The van der Waals surface area contributed by atoms with Crippen molar-refractivity contribution in [3.05, 3.63) is 50.1 Å². The lowest BCUT2D eigenvalue weighted by Crippen LogP contribution is -2.03. The Morgan fingerprint density at radius 1 is 0.110 bits per heavy atom. The molecule has 0 aliphatic heterocycles. The molecule has 82 heavy (non-hydrogen) atoms. The van der Waals surface area contributed by atoms with E-state index < -0.39 is 209 Å². The van der Waals surface area contributed by atoms with E-state index in [0.717, 1.165) is 0 Å². The van der Waals surface area contributed by atoms with E-state index in [1.165, 1.54) is 62.3 Å². The molecule has 10 aromatic carbocycles. The van der Waals surface area contributed by atoms with Crippen LogP contribution in [0.1, 0.15) is 50.1 Å². The number of phenolic OH excluding ortho intramolecular Hbond substituents is 23. The van der Waals surface area contributed by atoms with Gasteiger partial charge in [0.2, 0.25) is 17.2 Å². The molecule has 0 aliphatic carbocycles. The van der Waals surface area contributed by atoms with Crippen LogP contribution in [0.5, 0.6) is 132 Å². The molecule has 23 heteroatoms. The van der Waals surface area contributed by atoms with Crippen LogP contribution < -0.4 is 0 Å². The van der Waals surface area contributed by atoms with Gasteiger partial charge in [0.25, 0.3) is 0 Å². The molecule has 23 nitrogen and oxygen atoms in total. The highest BCUT2D eigenvalue weighted by Gasteiger charge is 2.40. The molecular weight excluding hydrogens is 1080 g/mol. The maximum absolute atomic E-state index is 13.3. The fourth-order valence-electron chi connectivity index (χ4n) is 12.2. The average molecular weight is 1130 g/mol. The summed E-state index contributed by atoms with van der Waals surface area (Å²) in [5, 5.41) is 263. The van der Waals surface area contributed by atoms with Crippen molar-refractivity contribution in [3.63, 3.8) is 0 Å². The SMILES string of the molecule is Cc1c(O)c(O)c(-c2c3c(C)c(O)c(O)c(C)c3c(-c3c(O)c(O)c(C)c4c(C)c(O)c(O)c(C)c34)c3c(O)c(-c4c(O)c(O)c5c(O)c(O)c(O)c(O)c5c4O)c(O)c(O)c23)c(C)c1-c1c(O)c(O)c2c(O)c(O)c(O)c(C)c2c1C. The zero-order valence-electron chi connectivity index (χ0n) is 44.3. The summed E-state index contributed by atoms with van der Waals surface area (Å²) in [6.07, 6.45) is 0. The Labute approximate surface area is 459 Å². The highest BCUT2D eigenvalue weighted by atomic mass is 16.4. The second-order valence-electron chi connectivity index (χ2n) is 20.4. The van der Waals surface area contributed by atoms with E-state index in [1.54, 1.807) is 0 Å². The number of aryl methyl sites for hydroxylation is 7. The van der Waals surface area contributed by atoms with E-state index in [4.69, 9.17) is 0 Å². The maximum atomic E-state index is 13.3. The molecule has 0 heterocycles. The Kier molecular flexibility index (Phi) is 11.4. The van der Waals surface area contributed by atoms with Gasteiger partial charge in [-0.3, -0.25) is 0 Å². The normalized spacial score (nSPS) is 11.9. The Morgan fingerprint density at radius 3 is 0.768 bits per heavy atom. The van der Waals surface area contributed by atoms with Gasteiger partial charge in [-0.05, 0) is 101 Å². The number of hydrogen-bond acceptors (Lipinski definition) is 23. The van der Waals surface area contributed by atoms with Crippen LogP contribution in [0.2, 0.25) is 0 Å². The predicted molar refractivity (Wildman–Crippen MR) is 297 cm³/mol. The summed E-state index contributed by atoms with van der Waals surface area (Å²) in [5.41, 5.74) is -7.79. The Morgan fingerprint density at radius 2 is 0.329 bits per heavy atom. The standard InChI is InChI=1S/C59H50O23/c1-10-19(25-11(2)20-13(4)43(66)57(80)54(77)32(20)50(73)47(25)70)12(3)41(64)46(69)26(10)27-23-17(8)39(62)40(63)18(9)24(23)28(29-22-16(7)38(61)37(60)14(5)21(22)15(6)42(65)48(29)71)30-31(27)49(72)51(74)33(44(30)67)34-45(68)35-36(53(76)52(34)75)56(79)59(82)58(81)55(35)78/h60-82H,1-9H3. The summed E-state index contributed by atoms with van der Waals surface area (Å²) in [5.74, 6) is -27.4. The second-order valence-corrected chi connectivity index (χ2v) is 20.4. The first kappa shape index (κ1) is 54.3. The number of hydrogen-bond donors (Lipinski definition) is 23. The lowest BCUT2D eigenvalue weighted by Gasteiger charge is -2.28. The zero-order valence-corrected chi connectivity index (χ0v) is 44.3. The number of aromatic hydroxyl groups is 23. The van der Waals surface area contributed by atoms with Gasteiger partial charge >= 0.3 is 0 Å². The Balaban J connectivity index is 1.58. The third kappa shape index (κ3) is 6.28. The Hall–Kier alpha value is -11.1. The van der Waals surface area contributed by atoms with Gasteiger partial charge in [-0.2, -0.15) is 0 Å². The molecule has 0 bridgehead atoms. The van der Waals surface area contributed by atoms with Crippen molar-refractivity contribution in [2.45, 2.75) is 62.3 Å². The molecule has 0 aliphatic rings. The van der Waals surface area contributed by atoms with Crippen molar-refractivity contribution in [1.29, 1.82) is 0 Å². The third-order valence-electron chi connectivity index (χ3n) is 16.4. The van der Waals surface area contributed by atoms with Crippen LogP contribution in [-0.2, 0) is 0 Å². The number of benzene rings is 10. The largest absolute Gasteiger partial charge is 0.506 e. The van der Waals surface area contributed by atoms with Crippen molar-refractivity contribution < 1.29 is 117 Å². The van der Waals surface area contributed by atoms with Crippen LogP contribution in [0.25, 0.3) is 98.4 Å². The Bertz CT molecular complexity index is 4740. The number of fused-ring (bicyclic) bond motifs is 5. The lowest BCUT2D eigenvalue weighted by atomic mass is 9.76. The number of rotatable bonds is 4. The zero-order chi connectivity index (χ0) is 60.9. The van der Waals surface area contributed by atoms with Crippen molar-refractivity contribution >= 4 is 53.9 Å². The van der Waals surface area contributed by atoms with E-state index in [9.17, 15) is 117 Å². The molecule has 0 atom stereocenters. The first-order valence-electron chi connectivity index (χ1n) is 24.4. The van der Waals surface area contributed by atoms with Crippen LogP contribution in [0.15, 0.2) is 0 Å². The van der Waals surface area contributed by atoms with Crippen LogP contribution in [0.4, 0.5) is 0 Å². The highest BCUT2D eigenvalue weighted by molar-refractivity contribution is 6.32. The lowest BCUT2D eigenvalue weighted by molar-refractivity contribution is 0.347. The summed E-state index contributed by atoms with van der Waals surface area (Å²) in [6.45, 7) is 11.5. The molecule has 10 rings (SSSR count). The summed E-state index contributed by atoms with van der Waals surface area (Å²) in [4.78, 5) is 0. The van der Waals surface area contributed by atoms with Crippen molar-refractivity contribution in [3.8, 4) is 177 Å². The van der Waals surface area contributed by atoms with Gasteiger partial charge in [0.05, 0.1) is 27.3 Å². The molecule has 424 valence electrons. The van der Waals surface area contributed by atoms with Crippen LogP contribution in [0.3, 0.4) is 0 Å². The van der Waals surface area contributed by atoms with Crippen LogP contribution in [-0.4, -0.2) is 117 Å². The second kappa shape index (κ2) is 17.2. The smallest absolute Gasteiger partial charge is 0.205 e. The molecular formula is C59H50O23. The van der Waals surface area contributed by atoms with Gasteiger partial charge in [0.1, 0.15) is 11.5 Å². The van der Waals surface area contributed by atoms with E-state index in [-0.39, 0.29) is 71.8 Å². The van der Waals surface area contributed by atoms with E-state index in [2.05, 4.69) is 0 Å². The van der Waals surface area contributed by atoms with Crippen molar-refractivity contribution in [2.75, 3.05) is 0 Å². The summed E-state index contributed by atoms with van der Waals surface area (Å²) >= 11 is 0. The van der Waals surface area contributed by atoms with Crippen molar-refractivity contribution in [1.82, 2.24) is 0 Å². The molecule has 0 aromatic heterocycles.